The maximum atomic E-state index is 12.5. The van der Waals surface area contributed by atoms with Crippen molar-refractivity contribution in [2.75, 3.05) is 0 Å². The van der Waals surface area contributed by atoms with Gasteiger partial charge >= 0.3 is 11.9 Å². The van der Waals surface area contributed by atoms with E-state index in [1.807, 2.05) is 6.92 Å². The van der Waals surface area contributed by atoms with Gasteiger partial charge in [-0.05, 0) is 37.5 Å². The lowest BCUT2D eigenvalue weighted by Crippen LogP contribution is -2.49. The molecule has 124 valence electrons. The van der Waals surface area contributed by atoms with Gasteiger partial charge in [0.1, 0.15) is 0 Å². The summed E-state index contributed by atoms with van der Waals surface area (Å²) in [7, 11) is 0. The summed E-state index contributed by atoms with van der Waals surface area (Å²) in [6, 6.07) is 0. The first kappa shape index (κ1) is 19.9. The van der Waals surface area contributed by atoms with Crippen molar-refractivity contribution in [3.8, 4) is 0 Å². The number of carbonyl (C=O) groups is 2. The largest absolute Gasteiger partial charge is 0.480 e. The van der Waals surface area contributed by atoms with Crippen molar-refractivity contribution in [2.24, 2.45) is 23.2 Å². The number of esters is 1. The van der Waals surface area contributed by atoms with Gasteiger partial charge in [-0.25, -0.2) is 0 Å². The number of carbonyl (C=O) groups excluding carboxylic acids is 1. The van der Waals surface area contributed by atoms with Gasteiger partial charge in [0.25, 0.3) is 0 Å². The minimum atomic E-state index is -1.47. The molecule has 0 aromatic rings. The molecule has 0 rings (SSSR count). The Hall–Kier alpha value is -1.06. The number of hydrogen-bond acceptors (Lipinski definition) is 3. The second kappa shape index (κ2) is 8.40. The van der Waals surface area contributed by atoms with Gasteiger partial charge in [0.05, 0.1) is 6.10 Å². The summed E-state index contributed by atoms with van der Waals surface area (Å²) < 4.78 is 5.46. The third-order valence-electron chi connectivity index (χ3n) is 4.21. The normalized spacial score (nSPS) is 13.8. The van der Waals surface area contributed by atoms with Crippen LogP contribution >= 0.6 is 0 Å². The summed E-state index contributed by atoms with van der Waals surface area (Å²) >= 11 is 0. The summed E-state index contributed by atoms with van der Waals surface area (Å²) in [5.41, 5.74) is -1.47. The molecular weight excluding hydrogens is 268 g/mol. The highest BCUT2D eigenvalue weighted by Gasteiger charge is 2.53. The molecule has 0 bridgehead atoms. The van der Waals surface area contributed by atoms with Crippen LogP contribution in [0.25, 0.3) is 0 Å². The topological polar surface area (TPSA) is 63.6 Å². The first-order chi connectivity index (χ1) is 9.56. The van der Waals surface area contributed by atoms with Crippen LogP contribution in [0.1, 0.15) is 67.7 Å². The first-order valence-electron chi connectivity index (χ1n) is 8.01. The van der Waals surface area contributed by atoms with Crippen LogP contribution in [-0.2, 0) is 14.3 Å². The second-order valence-electron chi connectivity index (χ2n) is 7.02. The molecule has 0 aromatic carbocycles. The van der Waals surface area contributed by atoms with Gasteiger partial charge in [-0.1, -0.05) is 48.0 Å². The van der Waals surface area contributed by atoms with E-state index in [-0.39, 0.29) is 17.9 Å². The molecule has 1 unspecified atom stereocenters. The van der Waals surface area contributed by atoms with Crippen LogP contribution in [0.5, 0.6) is 0 Å². The molecule has 0 fully saturated rings. The van der Waals surface area contributed by atoms with Gasteiger partial charge in [0.2, 0.25) is 0 Å². The summed E-state index contributed by atoms with van der Waals surface area (Å²) in [4.78, 5) is 24.2. The molecule has 4 heteroatoms. The third-order valence-corrected chi connectivity index (χ3v) is 4.21. The van der Waals surface area contributed by atoms with E-state index in [4.69, 9.17) is 4.74 Å². The predicted octanol–water partition coefficient (Wildman–Crippen LogP) is 4.13. The lowest BCUT2D eigenvalue weighted by atomic mass is 9.69. The van der Waals surface area contributed by atoms with E-state index in [2.05, 4.69) is 13.8 Å². The standard InChI is InChI=1S/C17H32O4/c1-11(2)9-8-10-14(7)21-16(20)17(12(3)4,13(5)6)15(18)19/h11-14H,8-10H2,1-7H3,(H,18,19). The zero-order chi connectivity index (χ0) is 16.8. The molecule has 1 N–H and O–H groups in total. The van der Waals surface area contributed by atoms with E-state index >= 15 is 0 Å². The van der Waals surface area contributed by atoms with Crippen LogP contribution in [0.4, 0.5) is 0 Å². The van der Waals surface area contributed by atoms with E-state index in [9.17, 15) is 14.7 Å². The minimum Gasteiger partial charge on any atom is -0.480 e. The van der Waals surface area contributed by atoms with E-state index in [1.165, 1.54) is 0 Å². The van der Waals surface area contributed by atoms with Gasteiger partial charge in [-0.3, -0.25) is 9.59 Å². The molecule has 0 aromatic heterocycles. The van der Waals surface area contributed by atoms with Gasteiger partial charge in [-0.2, -0.15) is 0 Å². The Morgan fingerprint density at radius 3 is 1.76 bits per heavy atom. The molecule has 0 aliphatic carbocycles. The molecule has 0 radical (unpaired) electrons. The molecule has 0 aliphatic heterocycles. The summed E-state index contributed by atoms with van der Waals surface area (Å²) in [6.45, 7) is 13.2. The highest BCUT2D eigenvalue weighted by molar-refractivity contribution is 5.99. The molecule has 4 nitrogen and oxygen atoms in total. The fourth-order valence-electron chi connectivity index (χ4n) is 2.87. The number of carboxylic acids is 1. The van der Waals surface area contributed by atoms with Crippen LogP contribution in [0, 0.1) is 23.2 Å². The maximum Gasteiger partial charge on any atom is 0.324 e. The Balaban J connectivity index is 4.88. The average Bonchev–Trinajstić information content (AvgIpc) is 2.26. The number of hydrogen-bond donors (Lipinski definition) is 1. The predicted molar refractivity (Wildman–Crippen MR) is 84.0 cm³/mol. The molecule has 0 aliphatic rings. The third kappa shape index (κ3) is 5.01. The molecule has 1 atom stereocenters. The Morgan fingerprint density at radius 1 is 0.952 bits per heavy atom. The molecule has 0 saturated carbocycles. The van der Waals surface area contributed by atoms with Crippen LogP contribution in [0.2, 0.25) is 0 Å². The van der Waals surface area contributed by atoms with Crippen molar-refractivity contribution < 1.29 is 19.4 Å². The zero-order valence-corrected chi connectivity index (χ0v) is 14.6. The SMILES string of the molecule is CC(C)CCCC(C)OC(=O)C(C(=O)O)(C(C)C)C(C)C. The van der Waals surface area contributed by atoms with E-state index in [1.54, 1.807) is 27.7 Å². The summed E-state index contributed by atoms with van der Waals surface area (Å²) in [6.07, 6.45) is 2.60. The van der Waals surface area contributed by atoms with Gasteiger partial charge in [0.15, 0.2) is 5.41 Å². The van der Waals surface area contributed by atoms with Crippen LogP contribution in [0.3, 0.4) is 0 Å². The molecule has 21 heavy (non-hydrogen) atoms. The number of rotatable bonds is 9. The van der Waals surface area contributed by atoms with Crippen LogP contribution < -0.4 is 0 Å². The molecular formula is C17H32O4. The second-order valence-corrected chi connectivity index (χ2v) is 7.02. The van der Waals surface area contributed by atoms with Crippen molar-refractivity contribution in [1.29, 1.82) is 0 Å². The van der Waals surface area contributed by atoms with Crippen molar-refractivity contribution in [3.63, 3.8) is 0 Å². The van der Waals surface area contributed by atoms with Crippen molar-refractivity contribution in [1.82, 2.24) is 0 Å². The quantitative estimate of drug-likeness (QED) is 0.514. The Morgan fingerprint density at radius 2 is 1.43 bits per heavy atom. The molecule has 0 amide bonds. The lowest BCUT2D eigenvalue weighted by Gasteiger charge is -2.35. The highest BCUT2D eigenvalue weighted by Crippen LogP contribution is 2.38. The molecule has 0 saturated heterocycles. The highest BCUT2D eigenvalue weighted by atomic mass is 16.5. The number of carboxylic acid groups (broad SMARTS) is 1. The summed E-state index contributed by atoms with van der Waals surface area (Å²) in [5, 5.41) is 9.60. The Labute approximate surface area is 129 Å². The van der Waals surface area contributed by atoms with Gasteiger partial charge < -0.3 is 9.84 Å². The fraction of sp³-hybridized carbons (Fsp3) is 0.882. The van der Waals surface area contributed by atoms with Crippen LogP contribution in [-0.4, -0.2) is 23.1 Å². The lowest BCUT2D eigenvalue weighted by molar-refractivity contribution is -0.180. The number of aliphatic carboxylic acids is 1. The first-order valence-corrected chi connectivity index (χ1v) is 8.01. The maximum absolute atomic E-state index is 12.5. The smallest absolute Gasteiger partial charge is 0.324 e. The molecule has 0 heterocycles. The monoisotopic (exact) mass is 300 g/mol. The van der Waals surface area contributed by atoms with E-state index in [0.29, 0.717) is 5.92 Å². The Bertz CT molecular complexity index is 337. The molecule has 0 spiro atoms. The van der Waals surface area contributed by atoms with Crippen molar-refractivity contribution in [2.45, 2.75) is 73.8 Å². The minimum absolute atomic E-state index is 0.243. The van der Waals surface area contributed by atoms with Crippen LogP contribution in [0.15, 0.2) is 0 Å². The average molecular weight is 300 g/mol. The number of ether oxygens (including phenoxy) is 1. The van der Waals surface area contributed by atoms with Gasteiger partial charge in [0, 0.05) is 0 Å². The summed E-state index contributed by atoms with van der Waals surface area (Å²) in [5.74, 6) is -1.70. The zero-order valence-electron chi connectivity index (χ0n) is 14.6. The van der Waals surface area contributed by atoms with E-state index < -0.39 is 17.4 Å². The van der Waals surface area contributed by atoms with E-state index in [0.717, 1.165) is 19.3 Å². The fourth-order valence-corrected chi connectivity index (χ4v) is 2.87. The van der Waals surface area contributed by atoms with Gasteiger partial charge in [-0.15, -0.1) is 0 Å². The Kier molecular flexibility index (Phi) is 7.98. The van der Waals surface area contributed by atoms with Crippen molar-refractivity contribution in [3.05, 3.63) is 0 Å². The van der Waals surface area contributed by atoms with Crippen molar-refractivity contribution >= 4 is 11.9 Å².